The molecule has 136 valence electrons. The van der Waals surface area contributed by atoms with E-state index in [1.807, 2.05) is 0 Å². The molecule has 0 bridgehead atoms. The molecule has 24 heavy (non-hydrogen) atoms. The van der Waals surface area contributed by atoms with Crippen molar-refractivity contribution in [2.45, 2.75) is 63.8 Å². The van der Waals surface area contributed by atoms with E-state index in [1.54, 1.807) is 12.1 Å². The number of carbonyl (C=O) groups excluding carboxylic acids is 1. The summed E-state index contributed by atoms with van der Waals surface area (Å²) in [5.74, 6) is 0.353. The van der Waals surface area contributed by atoms with Crippen molar-refractivity contribution in [3.8, 4) is 0 Å². The minimum absolute atomic E-state index is 0. The van der Waals surface area contributed by atoms with Crippen LogP contribution < -0.4 is 11.1 Å². The minimum atomic E-state index is -0.231. The van der Waals surface area contributed by atoms with Crippen molar-refractivity contribution in [1.82, 2.24) is 5.32 Å². The van der Waals surface area contributed by atoms with Crippen LogP contribution in [0.1, 0.15) is 69.4 Å². The number of nitrogens with one attached hydrogen (secondary N) is 1. The summed E-state index contributed by atoms with van der Waals surface area (Å²) in [5.41, 5.74) is 6.50. The molecule has 1 atom stereocenters. The lowest BCUT2D eigenvalue weighted by Crippen LogP contribution is -2.32. The fourth-order valence-corrected chi connectivity index (χ4v) is 3.46. The maximum atomic E-state index is 13.2. The van der Waals surface area contributed by atoms with Gasteiger partial charge in [0, 0.05) is 6.42 Å². The maximum Gasteiger partial charge on any atom is 0.220 e. The Hall–Kier alpha value is -1.13. The van der Waals surface area contributed by atoms with Crippen LogP contribution in [0.4, 0.5) is 4.39 Å². The molecule has 0 saturated heterocycles. The van der Waals surface area contributed by atoms with Crippen molar-refractivity contribution >= 4 is 18.3 Å². The molecule has 3 nitrogen and oxygen atoms in total. The standard InChI is InChI=1S/C19H29FN2O.ClH/c20-17-12-10-16(11-13-17)19(15-7-4-5-8-15)22-18(23)9-3-1-2-6-14-21;/h10-13,15,19H,1-9,14,21H2,(H,22,23);1H. The van der Waals surface area contributed by atoms with Gasteiger partial charge in [-0.25, -0.2) is 4.39 Å². The lowest BCUT2D eigenvalue weighted by atomic mass is 9.91. The van der Waals surface area contributed by atoms with Crippen LogP contribution in [0, 0.1) is 11.7 Å². The molecule has 1 amide bonds. The third kappa shape index (κ3) is 6.78. The third-order valence-electron chi connectivity index (χ3n) is 4.77. The smallest absolute Gasteiger partial charge is 0.220 e. The van der Waals surface area contributed by atoms with E-state index in [4.69, 9.17) is 5.73 Å². The number of unbranched alkanes of at least 4 members (excludes halogenated alkanes) is 3. The van der Waals surface area contributed by atoms with Gasteiger partial charge in [0.25, 0.3) is 0 Å². The monoisotopic (exact) mass is 356 g/mol. The predicted molar refractivity (Wildman–Crippen MR) is 98.6 cm³/mol. The lowest BCUT2D eigenvalue weighted by molar-refractivity contribution is -0.122. The molecule has 3 N–H and O–H groups in total. The largest absolute Gasteiger partial charge is 0.349 e. The van der Waals surface area contributed by atoms with Gasteiger partial charge in [0.05, 0.1) is 6.04 Å². The zero-order valence-electron chi connectivity index (χ0n) is 14.3. The van der Waals surface area contributed by atoms with Crippen molar-refractivity contribution in [2.24, 2.45) is 11.7 Å². The van der Waals surface area contributed by atoms with Gasteiger partial charge in [0.1, 0.15) is 5.82 Å². The van der Waals surface area contributed by atoms with E-state index >= 15 is 0 Å². The molecular weight excluding hydrogens is 327 g/mol. The van der Waals surface area contributed by atoms with Gasteiger partial charge < -0.3 is 11.1 Å². The molecule has 1 aliphatic rings. The second-order valence-corrected chi connectivity index (χ2v) is 6.59. The van der Waals surface area contributed by atoms with E-state index in [9.17, 15) is 9.18 Å². The van der Waals surface area contributed by atoms with Gasteiger partial charge in [0.2, 0.25) is 5.91 Å². The normalized spacial score (nSPS) is 15.8. The highest BCUT2D eigenvalue weighted by molar-refractivity contribution is 5.85. The first-order valence-corrected chi connectivity index (χ1v) is 8.95. The Balaban J connectivity index is 0.00000288. The number of carbonyl (C=O) groups is 1. The van der Waals surface area contributed by atoms with Crippen molar-refractivity contribution in [3.05, 3.63) is 35.6 Å². The molecule has 1 fully saturated rings. The van der Waals surface area contributed by atoms with Crippen molar-refractivity contribution < 1.29 is 9.18 Å². The van der Waals surface area contributed by atoms with Crippen LogP contribution in [0.2, 0.25) is 0 Å². The molecule has 1 aromatic carbocycles. The zero-order chi connectivity index (χ0) is 16.5. The molecule has 2 rings (SSSR count). The van der Waals surface area contributed by atoms with Gasteiger partial charge in [-0.05, 0) is 55.8 Å². The quantitative estimate of drug-likeness (QED) is 0.640. The first-order valence-electron chi connectivity index (χ1n) is 8.95. The molecule has 5 heteroatoms. The second-order valence-electron chi connectivity index (χ2n) is 6.59. The topological polar surface area (TPSA) is 55.1 Å². The number of nitrogens with two attached hydrogens (primary N) is 1. The highest BCUT2D eigenvalue weighted by atomic mass is 35.5. The maximum absolute atomic E-state index is 13.2. The van der Waals surface area contributed by atoms with Crippen LogP contribution in [0.15, 0.2) is 24.3 Å². The molecule has 0 aliphatic heterocycles. The van der Waals surface area contributed by atoms with E-state index in [0.717, 1.165) is 50.6 Å². The summed E-state index contributed by atoms with van der Waals surface area (Å²) in [5, 5.41) is 3.20. The van der Waals surface area contributed by atoms with Gasteiger partial charge in [-0.3, -0.25) is 4.79 Å². The molecule has 0 heterocycles. The molecular formula is C19H30ClFN2O. The van der Waals surface area contributed by atoms with E-state index in [1.165, 1.54) is 25.0 Å². The fraction of sp³-hybridized carbons (Fsp3) is 0.632. The van der Waals surface area contributed by atoms with E-state index in [2.05, 4.69) is 5.32 Å². The Kier molecular flexibility index (Phi) is 9.96. The fourth-order valence-electron chi connectivity index (χ4n) is 3.46. The summed E-state index contributed by atoms with van der Waals surface area (Å²) in [6.07, 6.45) is 9.36. The minimum Gasteiger partial charge on any atom is -0.349 e. The second kappa shape index (κ2) is 11.4. The molecule has 1 unspecified atom stereocenters. The molecule has 0 aromatic heterocycles. The van der Waals surface area contributed by atoms with Crippen molar-refractivity contribution in [3.63, 3.8) is 0 Å². The van der Waals surface area contributed by atoms with Gasteiger partial charge in [-0.15, -0.1) is 12.4 Å². The Bertz CT molecular complexity index is 475. The predicted octanol–water partition coefficient (Wildman–Crippen LogP) is 4.50. The number of halogens is 2. The molecule has 0 radical (unpaired) electrons. The number of benzene rings is 1. The number of hydrogen-bond donors (Lipinski definition) is 2. The summed E-state index contributed by atoms with van der Waals surface area (Å²) in [4.78, 5) is 12.3. The highest BCUT2D eigenvalue weighted by Crippen LogP contribution is 2.35. The van der Waals surface area contributed by atoms with Gasteiger partial charge in [-0.2, -0.15) is 0 Å². The summed E-state index contributed by atoms with van der Waals surface area (Å²) in [7, 11) is 0. The van der Waals surface area contributed by atoms with Gasteiger partial charge in [0.15, 0.2) is 0 Å². The summed E-state index contributed by atoms with van der Waals surface area (Å²) < 4.78 is 13.2. The van der Waals surface area contributed by atoms with Gasteiger partial charge in [-0.1, -0.05) is 37.8 Å². The third-order valence-corrected chi connectivity index (χ3v) is 4.77. The van der Waals surface area contributed by atoms with E-state index in [-0.39, 0.29) is 30.2 Å². The van der Waals surface area contributed by atoms with Crippen LogP contribution >= 0.6 is 12.4 Å². The zero-order valence-corrected chi connectivity index (χ0v) is 15.1. The summed E-state index contributed by atoms with van der Waals surface area (Å²) in [6, 6.07) is 6.60. The van der Waals surface area contributed by atoms with Crippen LogP contribution in [0.3, 0.4) is 0 Å². The van der Waals surface area contributed by atoms with E-state index in [0.29, 0.717) is 12.3 Å². The number of rotatable bonds is 9. The first-order chi connectivity index (χ1) is 11.2. The Morgan fingerprint density at radius 1 is 1.12 bits per heavy atom. The molecule has 1 aromatic rings. The van der Waals surface area contributed by atoms with Crippen LogP contribution in [-0.4, -0.2) is 12.5 Å². The average Bonchev–Trinajstić information content (AvgIpc) is 3.07. The molecule has 1 saturated carbocycles. The summed E-state index contributed by atoms with van der Waals surface area (Å²) in [6.45, 7) is 0.723. The Morgan fingerprint density at radius 2 is 1.75 bits per heavy atom. The SMILES string of the molecule is Cl.NCCCCCCC(=O)NC(c1ccc(F)cc1)C1CCCC1. The van der Waals surface area contributed by atoms with Crippen LogP contribution in [-0.2, 0) is 4.79 Å². The van der Waals surface area contributed by atoms with E-state index < -0.39 is 0 Å². The first kappa shape index (κ1) is 20.9. The average molecular weight is 357 g/mol. The molecule has 0 spiro atoms. The van der Waals surface area contributed by atoms with Gasteiger partial charge >= 0.3 is 0 Å². The summed E-state index contributed by atoms with van der Waals surface area (Å²) >= 11 is 0. The van der Waals surface area contributed by atoms with Crippen LogP contribution in [0.5, 0.6) is 0 Å². The van der Waals surface area contributed by atoms with Crippen molar-refractivity contribution in [2.75, 3.05) is 6.54 Å². The van der Waals surface area contributed by atoms with Crippen molar-refractivity contribution in [1.29, 1.82) is 0 Å². The number of amides is 1. The number of hydrogen-bond acceptors (Lipinski definition) is 2. The Labute approximate surface area is 151 Å². The molecule has 1 aliphatic carbocycles. The highest BCUT2D eigenvalue weighted by Gasteiger charge is 2.27. The van der Waals surface area contributed by atoms with Crippen LogP contribution in [0.25, 0.3) is 0 Å². The Morgan fingerprint density at radius 3 is 2.38 bits per heavy atom. The lowest BCUT2D eigenvalue weighted by Gasteiger charge is -2.25.